The zero-order valence-electron chi connectivity index (χ0n) is 17.6. The van der Waals surface area contributed by atoms with Crippen molar-refractivity contribution in [1.29, 1.82) is 0 Å². The summed E-state index contributed by atoms with van der Waals surface area (Å²) in [4.78, 5) is 27.8. The highest BCUT2D eigenvalue weighted by Crippen LogP contribution is 2.22. The average molecular weight is 426 g/mol. The van der Waals surface area contributed by atoms with Crippen molar-refractivity contribution in [3.8, 4) is 0 Å². The topological polar surface area (TPSA) is 61.4 Å². The second kappa shape index (κ2) is 11.6. The van der Waals surface area contributed by atoms with Gasteiger partial charge in [0.25, 0.3) is 5.91 Å². The first-order valence-electron chi connectivity index (χ1n) is 10.7. The molecule has 3 rings (SSSR count). The van der Waals surface area contributed by atoms with Gasteiger partial charge in [-0.3, -0.25) is 9.59 Å². The van der Waals surface area contributed by atoms with Crippen molar-refractivity contribution in [2.75, 3.05) is 35.3 Å². The number of benzene rings is 2. The van der Waals surface area contributed by atoms with Crippen LogP contribution in [0, 0.1) is 0 Å². The molecule has 0 radical (unpaired) electrons. The van der Waals surface area contributed by atoms with Crippen molar-refractivity contribution < 1.29 is 9.59 Å². The molecule has 1 heterocycles. The summed E-state index contributed by atoms with van der Waals surface area (Å²) in [7, 11) is 0. The normalized spacial score (nSPS) is 15.2. The quantitative estimate of drug-likeness (QED) is 0.651. The van der Waals surface area contributed by atoms with E-state index < -0.39 is 6.04 Å². The van der Waals surface area contributed by atoms with E-state index in [0.29, 0.717) is 12.0 Å². The third-order valence-corrected chi connectivity index (χ3v) is 6.02. The fourth-order valence-corrected chi connectivity index (χ4v) is 4.12. The standard InChI is InChI=1S/C24H31N3O2S/c1-30-18-15-22(26-23(28)19-9-5-4-6-10-19)24(29)25-20-11-13-21(14-12-20)27-16-7-2-3-8-17-27/h4-6,9-14,22H,2-3,7-8,15-18H2,1H3,(H,25,29)(H,26,28)/t22-/m0/s1. The molecule has 0 aliphatic carbocycles. The number of carbonyl (C=O) groups excluding carboxylic acids is 2. The first kappa shape index (κ1) is 22.2. The van der Waals surface area contributed by atoms with Crippen molar-refractivity contribution in [1.82, 2.24) is 5.32 Å². The Bertz CT molecular complexity index is 803. The van der Waals surface area contributed by atoms with E-state index in [9.17, 15) is 9.59 Å². The highest BCUT2D eigenvalue weighted by Gasteiger charge is 2.21. The largest absolute Gasteiger partial charge is 0.372 e. The summed E-state index contributed by atoms with van der Waals surface area (Å²) in [6, 6.07) is 16.5. The van der Waals surface area contributed by atoms with Gasteiger partial charge < -0.3 is 15.5 Å². The van der Waals surface area contributed by atoms with Crippen LogP contribution in [-0.4, -0.2) is 43.0 Å². The number of thioether (sulfide) groups is 1. The summed E-state index contributed by atoms with van der Waals surface area (Å²) in [6.07, 6.45) is 7.65. The van der Waals surface area contributed by atoms with E-state index in [1.807, 2.05) is 36.6 Å². The van der Waals surface area contributed by atoms with Crippen LogP contribution in [-0.2, 0) is 4.79 Å². The fourth-order valence-electron chi connectivity index (χ4n) is 3.65. The van der Waals surface area contributed by atoms with E-state index in [4.69, 9.17) is 0 Å². The monoisotopic (exact) mass is 425 g/mol. The molecule has 1 aliphatic heterocycles. The van der Waals surface area contributed by atoms with E-state index >= 15 is 0 Å². The Labute approximate surface area is 183 Å². The molecule has 0 aromatic heterocycles. The van der Waals surface area contributed by atoms with Crippen molar-refractivity contribution in [3.05, 3.63) is 60.2 Å². The molecule has 0 unspecified atom stereocenters. The number of amides is 2. The van der Waals surface area contributed by atoms with Gasteiger partial charge in [-0.15, -0.1) is 0 Å². The molecule has 30 heavy (non-hydrogen) atoms. The first-order chi connectivity index (χ1) is 14.7. The summed E-state index contributed by atoms with van der Waals surface area (Å²) >= 11 is 1.66. The first-order valence-corrected chi connectivity index (χ1v) is 12.1. The Hall–Kier alpha value is -2.47. The van der Waals surface area contributed by atoms with Crippen molar-refractivity contribution in [2.45, 2.75) is 38.1 Å². The zero-order chi connectivity index (χ0) is 21.2. The Morgan fingerprint density at radius 1 is 0.967 bits per heavy atom. The van der Waals surface area contributed by atoms with E-state index in [1.165, 1.54) is 31.4 Å². The zero-order valence-corrected chi connectivity index (χ0v) is 18.4. The molecular formula is C24H31N3O2S. The third-order valence-electron chi connectivity index (χ3n) is 5.37. The minimum atomic E-state index is -0.574. The van der Waals surface area contributed by atoms with Crippen LogP contribution in [0.25, 0.3) is 0 Å². The molecule has 0 spiro atoms. The molecule has 2 aromatic carbocycles. The number of hydrogen-bond donors (Lipinski definition) is 2. The predicted octanol–water partition coefficient (Wildman–Crippen LogP) is 4.56. The van der Waals surface area contributed by atoms with Crippen LogP contribution in [0.15, 0.2) is 54.6 Å². The summed E-state index contributed by atoms with van der Waals surface area (Å²) < 4.78 is 0. The molecule has 6 heteroatoms. The van der Waals surface area contributed by atoms with Crippen LogP contribution in [0.4, 0.5) is 11.4 Å². The number of nitrogens with zero attached hydrogens (tertiary/aromatic N) is 1. The van der Waals surface area contributed by atoms with Gasteiger partial charge in [0.15, 0.2) is 0 Å². The number of nitrogens with one attached hydrogen (secondary N) is 2. The van der Waals surface area contributed by atoms with Gasteiger partial charge in [0, 0.05) is 30.0 Å². The van der Waals surface area contributed by atoms with Crippen molar-refractivity contribution in [3.63, 3.8) is 0 Å². The molecule has 1 saturated heterocycles. The second-order valence-electron chi connectivity index (χ2n) is 7.61. The van der Waals surface area contributed by atoms with Crippen molar-refractivity contribution >= 4 is 35.0 Å². The van der Waals surface area contributed by atoms with Gasteiger partial charge in [0.2, 0.25) is 5.91 Å². The van der Waals surface area contributed by atoms with Crippen LogP contribution in [0.1, 0.15) is 42.5 Å². The van der Waals surface area contributed by atoms with Crippen LogP contribution in [0.3, 0.4) is 0 Å². The van der Waals surface area contributed by atoms with Crippen LogP contribution in [0.5, 0.6) is 0 Å². The van der Waals surface area contributed by atoms with Gasteiger partial charge in [-0.25, -0.2) is 0 Å². The van der Waals surface area contributed by atoms with Gasteiger partial charge in [-0.2, -0.15) is 11.8 Å². The molecule has 1 aliphatic rings. The number of carbonyl (C=O) groups is 2. The lowest BCUT2D eigenvalue weighted by molar-refractivity contribution is -0.118. The lowest BCUT2D eigenvalue weighted by atomic mass is 10.1. The molecule has 160 valence electrons. The minimum Gasteiger partial charge on any atom is -0.372 e. The maximum Gasteiger partial charge on any atom is 0.251 e. The summed E-state index contributed by atoms with van der Waals surface area (Å²) in [5, 5.41) is 5.85. The van der Waals surface area contributed by atoms with E-state index in [0.717, 1.165) is 24.5 Å². The highest BCUT2D eigenvalue weighted by atomic mass is 32.2. The molecule has 5 nitrogen and oxygen atoms in total. The van der Waals surface area contributed by atoms with Gasteiger partial charge in [-0.05, 0) is 67.7 Å². The molecule has 1 atom stereocenters. The Balaban J connectivity index is 1.62. The fraction of sp³-hybridized carbons (Fsp3) is 0.417. The lowest BCUT2D eigenvalue weighted by Gasteiger charge is -2.23. The van der Waals surface area contributed by atoms with E-state index in [1.54, 1.807) is 23.9 Å². The van der Waals surface area contributed by atoms with Gasteiger partial charge in [0.05, 0.1) is 0 Å². The third kappa shape index (κ3) is 6.52. The van der Waals surface area contributed by atoms with Crippen molar-refractivity contribution in [2.24, 2.45) is 0 Å². The lowest BCUT2D eigenvalue weighted by Crippen LogP contribution is -2.44. The molecule has 2 aromatic rings. The number of hydrogen-bond acceptors (Lipinski definition) is 4. The molecular weight excluding hydrogens is 394 g/mol. The van der Waals surface area contributed by atoms with Gasteiger partial charge >= 0.3 is 0 Å². The predicted molar refractivity (Wildman–Crippen MR) is 126 cm³/mol. The summed E-state index contributed by atoms with van der Waals surface area (Å²) in [6.45, 7) is 2.18. The second-order valence-corrected chi connectivity index (χ2v) is 8.60. The molecule has 1 fully saturated rings. The van der Waals surface area contributed by atoms with E-state index in [-0.39, 0.29) is 11.8 Å². The molecule has 2 N–H and O–H groups in total. The Kier molecular flexibility index (Phi) is 8.63. The van der Waals surface area contributed by atoms with Crippen LogP contribution >= 0.6 is 11.8 Å². The Morgan fingerprint density at radius 2 is 1.63 bits per heavy atom. The smallest absolute Gasteiger partial charge is 0.251 e. The molecule has 0 saturated carbocycles. The summed E-state index contributed by atoms with van der Waals surface area (Å²) in [5.74, 6) is 0.380. The SMILES string of the molecule is CSCC[C@H](NC(=O)c1ccccc1)C(=O)Nc1ccc(N2CCCCCC2)cc1. The Morgan fingerprint density at radius 3 is 2.27 bits per heavy atom. The maximum atomic E-state index is 12.9. The van der Waals surface area contributed by atoms with Gasteiger partial charge in [0.1, 0.15) is 6.04 Å². The van der Waals surface area contributed by atoms with Gasteiger partial charge in [-0.1, -0.05) is 31.0 Å². The number of anilines is 2. The maximum absolute atomic E-state index is 12.9. The van der Waals surface area contributed by atoms with E-state index in [2.05, 4.69) is 27.7 Å². The average Bonchev–Trinajstić information content (AvgIpc) is 3.07. The molecule has 2 amide bonds. The number of rotatable bonds is 8. The minimum absolute atomic E-state index is 0.184. The van der Waals surface area contributed by atoms with Crippen LogP contribution < -0.4 is 15.5 Å². The highest BCUT2D eigenvalue weighted by molar-refractivity contribution is 7.98. The molecule has 0 bridgehead atoms. The van der Waals surface area contributed by atoms with Crippen LogP contribution in [0.2, 0.25) is 0 Å². The summed E-state index contributed by atoms with van der Waals surface area (Å²) in [5.41, 5.74) is 2.51.